The van der Waals surface area contributed by atoms with Crippen molar-refractivity contribution < 1.29 is 80.2 Å². The van der Waals surface area contributed by atoms with E-state index < -0.39 is 97.5 Å². The van der Waals surface area contributed by atoms with Crippen LogP contribution in [-0.4, -0.2) is 96.7 Å². The first kappa shape index (κ1) is 93.5. The molecule has 17 nitrogen and oxygen atoms in total. The van der Waals surface area contributed by atoms with Crippen LogP contribution >= 0.6 is 15.6 Å². The Morgan fingerprint density at radius 3 is 0.927 bits per heavy atom. The van der Waals surface area contributed by atoms with Crippen molar-refractivity contribution in [3.63, 3.8) is 0 Å². The smallest absolute Gasteiger partial charge is 0.462 e. The zero-order valence-electron chi connectivity index (χ0n) is 62.3. The summed E-state index contributed by atoms with van der Waals surface area (Å²) in [7, 11) is -9.93. The van der Waals surface area contributed by atoms with Crippen LogP contribution in [-0.2, 0) is 65.4 Å². The summed E-state index contributed by atoms with van der Waals surface area (Å²) >= 11 is 0. The number of phosphoric ester groups is 2. The first-order valence-electron chi connectivity index (χ1n) is 39.2. The quantitative estimate of drug-likeness (QED) is 0.0169. The third kappa shape index (κ3) is 67.4. The molecule has 0 aliphatic heterocycles. The number of ether oxygens (including phenoxy) is 4. The molecule has 7 atom stereocenters. The highest BCUT2D eigenvalue weighted by atomic mass is 31.2. The molecule has 566 valence electrons. The van der Waals surface area contributed by atoms with Gasteiger partial charge in [0.1, 0.15) is 19.3 Å². The van der Waals surface area contributed by atoms with Crippen LogP contribution in [0.25, 0.3) is 0 Å². The molecule has 19 heteroatoms. The van der Waals surface area contributed by atoms with Gasteiger partial charge < -0.3 is 33.8 Å². The molecule has 0 aromatic carbocycles. The fraction of sp³-hybridized carbons (Fsp3) is 0.896. The molecule has 0 heterocycles. The molecule has 4 unspecified atom stereocenters. The number of carbonyl (C=O) groups is 4. The predicted molar refractivity (Wildman–Crippen MR) is 390 cm³/mol. The van der Waals surface area contributed by atoms with Crippen LogP contribution < -0.4 is 0 Å². The van der Waals surface area contributed by atoms with Crippen molar-refractivity contribution in [2.75, 3.05) is 39.6 Å². The molecule has 0 fully saturated rings. The average Bonchev–Trinajstić information content (AvgIpc) is 2.92. The maximum absolute atomic E-state index is 13.1. The van der Waals surface area contributed by atoms with Crippen molar-refractivity contribution in [2.45, 2.75) is 388 Å². The fourth-order valence-electron chi connectivity index (χ4n) is 11.2. The summed E-state index contributed by atoms with van der Waals surface area (Å²) in [5.74, 6) is 0.178. The zero-order valence-corrected chi connectivity index (χ0v) is 64.1. The number of carbonyl (C=O) groups excluding carboxylic acids is 4. The lowest BCUT2D eigenvalue weighted by Crippen LogP contribution is -2.30. The van der Waals surface area contributed by atoms with E-state index in [1.165, 1.54) is 161 Å². The van der Waals surface area contributed by atoms with E-state index in [-0.39, 0.29) is 25.7 Å². The standard InChI is InChI=1S/C77H146O17P2/c1-8-11-12-13-14-15-16-17-18-23-26-32-37-46-53-60-76(81)93-72(64-87-74(79)58-51-44-36-31-25-22-20-19-21-24-29-34-42-49-56-69(6)9-2)66-91-95(83,84)89-62-71(78)63-90-96(85,86)92-67-73(65-88-75(80)59-52-45-40-39-41-48-55-68(4)5)94-77(82)61-54-47-38-33-28-27-30-35-43-50-57-70(7)10-3/h15-18,68-73,78H,8-14,19-67H2,1-7H3,(H,83,84)(H,85,86)/b16-15-,18-17-/t69?,70?,71-,72-,73-/m1/s1. The van der Waals surface area contributed by atoms with E-state index in [2.05, 4.69) is 72.8 Å². The Morgan fingerprint density at radius 2 is 0.615 bits per heavy atom. The highest BCUT2D eigenvalue weighted by molar-refractivity contribution is 7.47. The van der Waals surface area contributed by atoms with Gasteiger partial charge in [-0.2, -0.15) is 0 Å². The first-order valence-corrected chi connectivity index (χ1v) is 42.2. The number of hydrogen-bond acceptors (Lipinski definition) is 15. The van der Waals surface area contributed by atoms with Crippen molar-refractivity contribution in [1.82, 2.24) is 0 Å². The second-order valence-electron chi connectivity index (χ2n) is 28.0. The molecule has 0 saturated heterocycles. The molecule has 0 amide bonds. The van der Waals surface area contributed by atoms with Gasteiger partial charge in [0, 0.05) is 25.7 Å². The minimum absolute atomic E-state index is 0.0849. The number of allylic oxidation sites excluding steroid dienone is 4. The highest BCUT2D eigenvalue weighted by Gasteiger charge is 2.30. The van der Waals surface area contributed by atoms with E-state index in [0.717, 1.165) is 121 Å². The van der Waals surface area contributed by atoms with Gasteiger partial charge >= 0.3 is 39.5 Å². The van der Waals surface area contributed by atoms with Crippen LogP contribution in [0.5, 0.6) is 0 Å². The molecule has 0 aromatic rings. The van der Waals surface area contributed by atoms with E-state index in [9.17, 15) is 43.2 Å². The van der Waals surface area contributed by atoms with Crippen molar-refractivity contribution >= 4 is 39.5 Å². The number of phosphoric acid groups is 2. The van der Waals surface area contributed by atoms with Gasteiger partial charge in [0.05, 0.1) is 26.4 Å². The number of hydrogen-bond donors (Lipinski definition) is 3. The highest BCUT2D eigenvalue weighted by Crippen LogP contribution is 2.45. The lowest BCUT2D eigenvalue weighted by atomic mass is 9.99. The minimum atomic E-state index is -4.97. The third-order valence-corrected chi connectivity index (χ3v) is 19.9. The molecule has 3 N–H and O–H groups in total. The largest absolute Gasteiger partial charge is 0.472 e. The van der Waals surface area contributed by atoms with Crippen LogP contribution in [0, 0.1) is 17.8 Å². The van der Waals surface area contributed by atoms with Gasteiger partial charge in [-0.25, -0.2) is 9.13 Å². The summed E-state index contributed by atoms with van der Waals surface area (Å²) in [6, 6.07) is 0. The molecule has 96 heavy (non-hydrogen) atoms. The monoisotopic (exact) mass is 1410 g/mol. The summed E-state index contributed by atoms with van der Waals surface area (Å²) in [6.45, 7) is 11.8. The molecular formula is C77H146O17P2. The SMILES string of the molecule is CCCCCC/C=C\C=C/CCCCCCCC(=O)O[C@H](COC(=O)CCCCCCCCCCCCCCCCC(C)CC)COP(=O)(O)OC[C@@H](O)COP(=O)(O)OC[C@@H](COC(=O)CCCCCCCCC(C)C)OC(=O)CCCCCCCCCCCCC(C)CC. The van der Waals surface area contributed by atoms with E-state index in [1.807, 2.05) is 0 Å². The predicted octanol–water partition coefficient (Wildman–Crippen LogP) is 22.1. The lowest BCUT2D eigenvalue weighted by Gasteiger charge is -2.21. The van der Waals surface area contributed by atoms with E-state index in [1.54, 1.807) is 0 Å². The number of aliphatic hydroxyl groups is 1. The van der Waals surface area contributed by atoms with Gasteiger partial charge in [0.2, 0.25) is 0 Å². The number of unbranched alkanes of at least 4 members (excludes halogenated alkanes) is 36. The normalized spacial score (nSPS) is 14.8. The molecule has 0 aromatic heterocycles. The molecular weight excluding hydrogens is 1260 g/mol. The van der Waals surface area contributed by atoms with Crippen LogP contribution in [0.3, 0.4) is 0 Å². The fourth-order valence-corrected chi connectivity index (χ4v) is 12.8. The van der Waals surface area contributed by atoms with Gasteiger partial charge in [-0.3, -0.25) is 37.3 Å². The molecule has 0 rings (SSSR count). The minimum Gasteiger partial charge on any atom is -0.462 e. The van der Waals surface area contributed by atoms with Gasteiger partial charge in [-0.15, -0.1) is 0 Å². The first-order chi connectivity index (χ1) is 46.3. The molecule has 0 bridgehead atoms. The van der Waals surface area contributed by atoms with Gasteiger partial charge in [-0.1, -0.05) is 317 Å². The van der Waals surface area contributed by atoms with Crippen molar-refractivity contribution in [3.05, 3.63) is 24.3 Å². The molecule has 0 radical (unpaired) electrons. The zero-order chi connectivity index (χ0) is 70.9. The lowest BCUT2D eigenvalue weighted by molar-refractivity contribution is -0.161. The Kier molecular flexibility index (Phi) is 65.3. The number of aliphatic hydroxyl groups excluding tert-OH is 1. The van der Waals surface area contributed by atoms with Crippen LogP contribution in [0.15, 0.2) is 24.3 Å². The van der Waals surface area contributed by atoms with Gasteiger partial charge in [0.25, 0.3) is 0 Å². The van der Waals surface area contributed by atoms with Crippen LogP contribution in [0.4, 0.5) is 0 Å². The number of esters is 4. The van der Waals surface area contributed by atoms with Crippen LogP contribution in [0.2, 0.25) is 0 Å². The Labute approximate surface area is 586 Å². The van der Waals surface area contributed by atoms with Crippen LogP contribution in [0.1, 0.15) is 370 Å². The summed E-state index contributed by atoms with van der Waals surface area (Å²) in [4.78, 5) is 72.8. The molecule has 0 aliphatic carbocycles. The summed E-state index contributed by atoms with van der Waals surface area (Å²) < 4.78 is 68.5. The molecule has 0 aliphatic rings. The van der Waals surface area contributed by atoms with Crippen molar-refractivity contribution in [2.24, 2.45) is 17.8 Å². The Balaban J connectivity index is 5.27. The maximum Gasteiger partial charge on any atom is 0.472 e. The summed E-state index contributed by atoms with van der Waals surface area (Å²) in [6.07, 6.45) is 56.3. The van der Waals surface area contributed by atoms with Crippen molar-refractivity contribution in [1.29, 1.82) is 0 Å². The second kappa shape index (κ2) is 67.1. The molecule has 0 spiro atoms. The van der Waals surface area contributed by atoms with Gasteiger partial charge in [-0.05, 0) is 69.1 Å². The van der Waals surface area contributed by atoms with E-state index in [4.69, 9.17) is 37.0 Å². The average molecular weight is 1410 g/mol. The topological polar surface area (TPSA) is 237 Å². The second-order valence-corrected chi connectivity index (χ2v) is 30.9. The van der Waals surface area contributed by atoms with E-state index >= 15 is 0 Å². The Bertz CT molecular complexity index is 1970. The summed E-state index contributed by atoms with van der Waals surface area (Å²) in [5.41, 5.74) is 0. The summed E-state index contributed by atoms with van der Waals surface area (Å²) in [5, 5.41) is 10.6. The Morgan fingerprint density at radius 1 is 0.344 bits per heavy atom. The number of rotatable bonds is 73. The third-order valence-electron chi connectivity index (χ3n) is 18.0. The maximum atomic E-state index is 13.1. The Hall–Kier alpha value is -2.46. The molecule has 0 saturated carbocycles. The van der Waals surface area contributed by atoms with Gasteiger partial charge in [0.15, 0.2) is 12.2 Å². The van der Waals surface area contributed by atoms with E-state index in [0.29, 0.717) is 31.6 Å². The van der Waals surface area contributed by atoms with Crippen molar-refractivity contribution in [3.8, 4) is 0 Å².